The highest BCUT2D eigenvalue weighted by Gasteiger charge is 2.17. The van der Waals surface area contributed by atoms with Crippen molar-refractivity contribution < 1.29 is 9.47 Å². The number of benzene rings is 1. The minimum atomic E-state index is -0.149. The van der Waals surface area contributed by atoms with Gasteiger partial charge in [-0.1, -0.05) is 24.3 Å². The van der Waals surface area contributed by atoms with Crippen LogP contribution < -0.4 is 10.5 Å². The van der Waals surface area contributed by atoms with Crippen molar-refractivity contribution in [1.82, 2.24) is 4.57 Å². The number of hydrogen-bond donors (Lipinski definition) is 1. The summed E-state index contributed by atoms with van der Waals surface area (Å²) in [6.45, 7) is 4.95. The van der Waals surface area contributed by atoms with Crippen molar-refractivity contribution in [3.05, 3.63) is 47.2 Å². The van der Waals surface area contributed by atoms with E-state index in [2.05, 4.69) is 6.07 Å². The number of ether oxygens (including phenoxy) is 2. The Morgan fingerprint density at radius 1 is 1.36 bits per heavy atom. The fourth-order valence-electron chi connectivity index (χ4n) is 2.35. The van der Waals surface area contributed by atoms with Gasteiger partial charge in [-0.15, -0.1) is 0 Å². The lowest BCUT2D eigenvalue weighted by atomic mass is 10.1. The molecule has 1 aromatic carbocycles. The van der Waals surface area contributed by atoms with Crippen molar-refractivity contribution in [3.63, 3.8) is 0 Å². The molecule has 2 rings (SSSR count). The van der Waals surface area contributed by atoms with Gasteiger partial charge in [0, 0.05) is 13.2 Å². The lowest BCUT2D eigenvalue weighted by molar-refractivity contribution is 0.0869. The van der Waals surface area contributed by atoms with Crippen LogP contribution in [-0.2, 0) is 11.3 Å². The Morgan fingerprint density at radius 3 is 2.73 bits per heavy atom. The Morgan fingerprint density at radius 2 is 2.09 bits per heavy atom. The topological polar surface area (TPSA) is 73.2 Å². The van der Waals surface area contributed by atoms with Gasteiger partial charge in [0.1, 0.15) is 17.9 Å². The third kappa shape index (κ3) is 3.41. The van der Waals surface area contributed by atoms with E-state index in [1.54, 1.807) is 13.2 Å². The van der Waals surface area contributed by atoms with Gasteiger partial charge >= 0.3 is 0 Å². The molecule has 0 aliphatic heterocycles. The van der Waals surface area contributed by atoms with Gasteiger partial charge < -0.3 is 15.2 Å². The fourth-order valence-corrected chi connectivity index (χ4v) is 2.35. The number of nitriles is 1. The molecule has 0 saturated heterocycles. The monoisotopic (exact) mass is 299 g/mol. The molecule has 1 aromatic heterocycles. The summed E-state index contributed by atoms with van der Waals surface area (Å²) in [6, 6.07) is 11.9. The van der Waals surface area contributed by atoms with Crippen LogP contribution in [0.2, 0.25) is 0 Å². The molecular formula is C17H21N3O2. The molecule has 1 heterocycles. The number of aromatic nitrogens is 1. The maximum Gasteiger partial charge on any atom is 0.219 e. The second kappa shape index (κ2) is 7.01. The van der Waals surface area contributed by atoms with E-state index in [-0.39, 0.29) is 6.10 Å². The number of anilines is 1. The molecule has 5 heteroatoms. The molecule has 5 nitrogen and oxygen atoms in total. The van der Waals surface area contributed by atoms with E-state index in [1.165, 1.54) is 0 Å². The number of nitrogens with two attached hydrogens (primary N) is 1. The van der Waals surface area contributed by atoms with E-state index in [4.69, 9.17) is 15.2 Å². The molecule has 0 unspecified atom stereocenters. The summed E-state index contributed by atoms with van der Waals surface area (Å²) in [7, 11) is 1.62. The molecule has 0 radical (unpaired) electrons. The van der Waals surface area contributed by atoms with E-state index in [0.717, 1.165) is 11.1 Å². The second-order valence-electron chi connectivity index (χ2n) is 5.30. The predicted octanol–water partition coefficient (Wildman–Crippen LogP) is 2.71. The minimum Gasteiger partial charge on any atom is -0.472 e. The largest absolute Gasteiger partial charge is 0.472 e. The zero-order chi connectivity index (χ0) is 16.1. The molecule has 0 bridgehead atoms. The van der Waals surface area contributed by atoms with Crippen LogP contribution in [0.5, 0.6) is 5.88 Å². The van der Waals surface area contributed by atoms with Crippen molar-refractivity contribution in [2.24, 2.45) is 0 Å². The van der Waals surface area contributed by atoms with Crippen molar-refractivity contribution in [2.75, 3.05) is 19.5 Å². The van der Waals surface area contributed by atoms with Gasteiger partial charge in [-0.3, -0.25) is 4.57 Å². The molecule has 1 atom stereocenters. The summed E-state index contributed by atoms with van der Waals surface area (Å²) in [5, 5.41) is 9.33. The summed E-state index contributed by atoms with van der Waals surface area (Å²) >= 11 is 0. The molecular weight excluding hydrogens is 278 g/mol. The van der Waals surface area contributed by atoms with Gasteiger partial charge in [-0.05, 0) is 25.0 Å². The predicted molar refractivity (Wildman–Crippen MR) is 85.8 cm³/mol. The molecule has 0 aliphatic carbocycles. The lowest BCUT2D eigenvalue weighted by Gasteiger charge is -2.18. The Labute approximate surface area is 130 Å². The molecule has 2 aromatic rings. The third-order valence-electron chi connectivity index (χ3n) is 3.49. The van der Waals surface area contributed by atoms with Crippen LogP contribution in [0.15, 0.2) is 30.3 Å². The average Bonchev–Trinajstić information content (AvgIpc) is 2.78. The average molecular weight is 299 g/mol. The molecule has 116 valence electrons. The normalized spacial score (nSPS) is 11.9. The lowest BCUT2D eigenvalue weighted by Crippen LogP contribution is -2.20. The van der Waals surface area contributed by atoms with Crippen molar-refractivity contribution in [3.8, 4) is 11.9 Å². The molecule has 0 aliphatic rings. The van der Waals surface area contributed by atoms with Gasteiger partial charge in [0.15, 0.2) is 0 Å². The van der Waals surface area contributed by atoms with Crippen LogP contribution >= 0.6 is 0 Å². The number of hydrogen-bond acceptors (Lipinski definition) is 4. The van der Waals surface area contributed by atoms with Gasteiger partial charge in [0.05, 0.1) is 18.8 Å². The first-order valence-corrected chi connectivity index (χ1v) is 7.16. The Bertz CT molecular complexity index is 686. The van der Waals surface area contributed by atoms with Crippen LogP contribution in [0.1, 0.15) is 23.7 Å². The van der Waals surface area contributed by atoms with Gasteiger partial charge in [-0.2, -0.15) is 5.26 Å². The van der Waals surface area contributed by atoms with Crippen LogP contribution in [-0.4, -0.2) is 24.4 Å². The molecule has 0 amide bonds. The van der Waals surface area contributed by atoms with E-state index >= 15 is 0 Å². The molecule has 0 saturated carbocycles. The molecule has 2 N–H and O–H groups in total. The summed E-state index contributed by atoms with van der Waals surface area (Å²) in [5.74, 6) is 0.518. The zero-order valence-corrected chi connectivity index (χ0v) is 13.2. The van der Waals surface area contributed by atoms with E-state index in [0.29, 0.717) is 30.4 Å². The summed E-state index contributed by atoms with van der Waals surface area (Å²) < 4.78 is 12.8. The quantitative estimate of drug-likeness (QED) is 0.890. The smallest absolute Gasteiger partial charge is 0.219 e. The minimum absolute atomic E-state index is 0.149. The van der Waals surface area contributed by atoms with Crippen molar-refractivity contribution >= 4 is 5.69 Å². The maximum atomic E-state index is 9.33. The first kappa shape index (κ1) is 15.9. The van der Waals surface area contributed by atoms with Crippen LogP contribution in [0.25, 0.3) is 0 Å². The van der Waals surface area contributed by atoms with Crippen LogP contribution in [0.4, 0.5) is 5.69 Å². The fraction of sp³-hybridized carbons (Fsp3) is 0.353. The molecule has 0 fully saturated rings. The first-order valence-electron chi connectivity index (χ1n) is 7.16. The zero-order valence-electron chi connectivity index (χ0n) is 13.2. The standard InChI is InChI=1S/C17H21N3O2/c1-12-6-4-5-7-14(12)10-20-15(9-18)8-16(19)17(20)22-13(2)11-21-3/h4-8,13H,10-11,19H2,1-3H3/t13-/m1/s1. The number of methoxy groups -OCH3 is 1. The highest BCUT2D eigenvalue weighted by Crippen LogP contribution is 2.29. The summed E-state index contributed by atoms with van der Waals surface area (Å²) in [5.41, 5.74) is 9.25. The Hall–Kier alpha value is -2.45. The third-order valence-corrected chi connectivity index (χ3v) is 3.49. The number of nitrogens with zero attached hydrogens (tertiary/aromatic N) is 2. The Balaban J connectivity index is 2.37. The first-order chi connectivity index (χ1) is 10.6. The van der Waals surface area contributed by atoms with Crippen molar-refractivity contribution in [1.29, 1.82) is 5.26 Å². The van der Waals surface area contributed by atoms with Crippen LogP contribution in [0, 0.1) is 18.3 Å². The number of nitrogen functional groups attached to an aromatic ring is 1. The maximum absolute atomic E-state index is 9.33. The summed E-state index contributed by atoms with van der Waals surface area (Å²) in [4.78, 5) is 0. The van der Waals surface area contributed by atoms with Gasteiger partial charge in [0.2, 0.25) is 5.88 Å². The Kier molecular flexibility index (Phi) is 5.08. The highest BCUT2D eigenvalue weighted by atomic mass is 16.5. The van der Waals surface area contributed by atoms with Gasteiger partial charge in [-0.25, -0.2) is 0 Å². The van der Waals surface area contributed by atoms with Gasteiger partial charge in [0.25, 0.3) is 0 Å². The molecule has 22 heavy (non-hydrogen) atoms. The van der Waals surface area contributed by atoms with Crippen LogP contribution in [0.3, 0.4) is 0 Å². The number of aryl methyl sites for hydroxylation is 1. The van der Waals surface area contributed by atoms with E-state index in [9.17, 15) is 5.26 Å². The second-order valence-corrected chi connectivity index (χ2v) is 5.30. The number of rotatable bonds is 6. The highest BCUT2D eigenvalue weighted by molar-refractivity contribution is 5.55. The van der Waals surface area contributed by atoms with E-state index in [1.807, 2.05) is 42.7 Å². The molecule has 0 spiro atoms. The van der Waals surface area contributed by atoms with Crippen molar-refractivity contribution in [2.45, 2.75) is 26.5 Å². The SMILES string of the molecule is COC[C@@H](C)Oc1c(N)cc(C#N)n1Cc1ccccc1C. The van der Waals surface area contributed by atoms with E-state index < -0.39 is 0 Å². The summed E-state index contributed by atoms with van der Waals surface area (Å²) in [6.07, 6.45) is -0.149.